The van der Waals surface area contributed by atoms with E-state index in [1.165, 1.54) is 56.7 Å². The standard InChI is InChI=1S/C23H18FNO6/c1-29-22(27)17-12-11-16(13-18(17)23(28)30-2)31-20-6-4-3-5-19(20)25-21(26)14-7-9-15(24)10-8-14/h3-13H,1-2H3,(H,25,26). The predicted octanol–water partition coefficient (Wildman–Crippen LogP) is 4.44. The van der Waals surface area contributed by atoms with Crippen molar-refractivity contribution in [3.05, 3.63) is 89.2 Å². The van der Waals surface area contributed by atoms with E-state index >= 15 is 0 Å². The molecule has 0 aliphatic carbocycles. The van der Waals surface area contributed by atoms with Crippen LogP contribution in [0.5, 0.6) is 11.5 Å². The smallest absolute Gasteiger partial charge is 0.338 e. The number of para-hydroxylation sites is 2. The summed E-state index contributed by atoms with van der Waals surface area (Å²) in [5, 5.41) is 2.70. The van der Waals surface area contributed by atoms with Gasteiger partial charge in [0.25, 0.3) is 5.91 Å². The van der Waals surface area contributed by atoms with Crippen LogP contribution in [0.1, 0.15) is 31.1 Å². The molecule has 0 bridgehead atoms. The van der Waals surface area contributed by atoms with Crippen LogP contribution in [-0.4, -0.2) is 32.1 Å². The molecule has 0 aliphatic rings. The van der Waals surface area contributed by atoms with Gasteiger partial charge in [0, 0.05) is 5.56 Å². The molecule has 0 spiro atoms. The second-order valence-electron chi connectivity index (χ2n) is 6.25. The van der Waals surface area contributed by atoms with E-state index in [0.29, 0.717) is 11.4 Å². The first-order valence-electron chi connectivity index (χ1n) is 9.07. The first-order chi connectivity index (χ1) is 14.9. The summed E-state index contributed by atoms with van der Waals surface area (Å²) < 4.78 is 28.3. The number of nitrogens with one attached hydrogen (secondary N) is 1. The zero-order chi connectivity index (χ0) is 22.4. The second-order valence-corrected chi connectivity index (χ2v) is 6.25. The van der Waals surface area contributed by atoms with E-state index in [1.807, 2.05) is 0 Å². The minimum absolute atomic E-state index is 0.0274. The Morgan fingerprint density at radius 2 is 1.45 bits per heavy atom. The number of anilines is 1. The summed E-state index contributed by atoms with van der Waals surface area (Å²) in [4.78, 5) is 36.5. The van der Waals surface area contributed by atoms with Crippen LogP contribution in [0.4, 0.5) is 10.1 Å². The van der Waals surface area contributed by atoms with Gasteiger partial charge >= 0.3 is 11.9 Å². The van der Waals surface area contributed by atoms with Gasteiger partial charge in [-0.05, 0) is 54.6 Å². The first kappa shape index (κ1) is 21.5. The zero-order valence-electron chi connectivity index (χ0n) is 16.7. The molecule has 3 rings (SSSR count). The van der Waals surface area contributed by atoms with Crippen LogP contribution in [0, 0.1) is 5.82 Å². The van der Waals surface area contributed by atoms with Crippen LogP contribution in [0.3, 0.4) is 0 Å². The summed E-state index contributed by atoms with van der Waals surface area (Å²) in [5.74, 6) is -1.80. The van der Waals surface area contributed by atoms with E-state index in [2.05, 4.69) is 10.1 Å². The van der Waals surface area contributed by atoms with Gasteiger partial charge in [0.2, 0.25) is 0 Å². The highest BCUT2D eigenvalue weighted by Gasteiger charge is 2.20. The fourth-order valence-corrected chi connectivity index (χ4v) is 2.74. The highest BCUT2D eigenvalue weighted by Crippen LogP contribution is 2.31. The molecule has 0 saturated heterocycles. The molecule has 0 aromatic heterocycles. The van der Waals surface area contributed by atoms with Crippen LogP contribution in [0.25, 0.3) is 0 Å². The third-order valence-electron chi connectivity index (χ3n) is 4.27. The number of benzene rings is 3. The van der Waals surface area contributed by atoms with E-state index in [0.717, 1.165) is 0 Å². The summed E-state index contributed by atoms with van der Waals surface area (Å²) in [6.07, 6.45) is 0. The maximum absolute atomic E-state index is 13.1. The second kappa shape index (κ2) is 9.53. The van der Waals surface area contributed by atoms with Crippen molar-refractivity contribution in [1.29, 1.82) is 0 Å². The summed E-state index contributed by atoms with van der Waals surface area (Å²) in [6.45, 7) is 0. The van der Waals surface area contributed by atoms with Crippen molar-refractivity contribution in [3.8, 4) is 11.5 Å². The Kier molecular flexibility index (Phi) is 6.61. The molecule has 0 heterocycles. The fraction of sp³-hybridized carbons (Fsp3) is 0.0870. The highest BCUT2D eigenvalue weighted by atomic mass is 19.1. The lowest BCUT2D eigenvalue weighted by atomic mass is 10.1. The molecule has 0 aliphatic heterocycles. The summed E-state index contributed by atoms with van der Waals surface area (Å²) >= 11 is 0. The average molecular weight is 423 g/mol. The van der Waals surface area contributed by atoms with Crippen LogP contribution in [0.2, 0.25) is 0 Å². The highest BCUT2D eigenvalue weighted by molar-refractivity contribution is 6.05. The minimum atomic E-state index is -0.733. The topological polar surface area (TPSA) is 90.9 Å². The summed E-state index contributed by atoms with van der Waals surface area (Å²) in [7, 11) is 2.39. The van der Waals surface area contributed by atoms with Crippen molar-refractivity contribution in [2.24, 2.45) is 0 Å². The van der Waals surface area contributed by atoms with Crippen LogP contribution in [-0.2, 0) is 9.47 Å². The number of halogens is 1. The van der Waals surface area contributed by atoms with E-state index in [9.17, 15) is 18.8 Å². The molecule has 0 radical (unpaired) electrons. The van der Waals surface area contributed by atoms with Gasteiger partial charge in [-0.3, -0.25) is 4.79 Å². The van der Waals surface area contributed by atoms with E-state index in [-0.39, 0.29) is 22.4 Å². The third kappa shape index (κ3) is 5.05. The Hall–Kier alpha value is -4.20. The Labute approximate surface area is 177 Å². The van der Waals surface area contributed by atoms with Crippen molar-refractivity contribution in [2.75, 3.05) is 19.5 Å². The maximum atomic E-state index is 13.1. The molecule has 8 heteroatoms. The lowest BCUT2D eigenvalue weighted by Crippen LogP contribution is -2.13. The number of esters is 2. The molecule has 31 heavy (non-hydrogen) atoms. The molecule has 1 N–H and O–H groups in total. The molecule has 0 saturated carbocycles. The number of ether oxygens (including phenoxy) is 3. The lowest BCUT2D eigenvalue weighted by molar-refractivity contribution is 0.0555. The van der Waals surface area contributed by atoms with Crippen molar-refractivity contribution in [3.63, 3.8) is 0 Å². The number of methoxy groups -OCH3 is 2. The van der Waals surface area contributed by atoms with E-state index in [1.54, 1.807) is 24.3 Å². The van der Waals surface area contributed by atoms with Crippen molar-refractivity contribution in [2.45, 2.75) is 0 Å². The van der Waals surface area contributed by atoms with Crippen LogP contribution < -0.4 is 10.1 Å². The molecule has 3 aromatic rings. The molecule has 0 unspecified atom stereocenters. The van der Waals surface area contributed by atoms with Crippen molar-refractivity contribution < 1.29 is 33.0 Å². The molecule has 158 valence electrons. The maximum Gasteiger partial charge on any atom is 0.338 e. The van der Waals surface area contributed by atoms with Gasteiger partial charge < -0.3 is 19.5 Å². The molecule has 3 aromatic carbocycles. The normalized spacial score (nSPS) is 10.2. The molecular formula is C23H18FNO6. The van der Waals surface area contributed by atoms with E-state index < -0.39 is 23.7 Å². The van der Waals surface area contributed by atoms with Gasteiger partial charge in [0.1, 0.15) is 11.6 Å². The monoisotopic (exact) mass is 423 g/mol. The van der Waals surface area contributed by atoms with Crippen molar-refractivity contribution >= 4 is 23.5 Å². The number of amides is 1. The number of hydrogen-bond donors (Lipinski definition) is 1. The van der Waals surface area contributed by atoms with Gasteiger partial charge in [0.05, 0.1) is 31.0 Å². The summed E-state index contributed by atoms with van der Waals surface area (Å²) in [5.41, 5.74) is 0.624. The van der Waals surface area contributed by atoms with Gasteiger partial charge in [-0.2, -0.15) is 0 Å². The largest absolute Gasteiger partial charge is 0.465 e. The minimum Gasteiger partial charge on any atom is -0.465 e. The quantitative estimate of drug-likeness (QED) is 0.590. The number of hydrogen-bond acceptors (Lipinski definition) is 6. The molecule has 0 atom stereocenters. The average Bonchev–Trinajstić information content (AvgIpc) is 2.79. The Morgan fingerprint density at radius 3 is 2.13 bits per heavy atom. The molecule has 0 fully saturated rings. The van der Waals surface area contributed by atoms with Gasteiger partial charge in [-0.1, -0.05) is 12.1 Å². The Balaban J connectivity index is 1.88. The lowest BCUT2D eigenvalue weighted by Gasteiger charge is -2.14. The Bertz CT molecular complexity index is 1130. The van der Waals surface area contributed by atoms with Crippen molar-refractivity contribution in [1.82, 2.24) is 0 Å². The first-order valence-corrected chi connectivity index (χ1v) is 9.07. The SMILES string of the molecule is COC(=O)c1ccc(Oc2ccccc2NC(=O)c2ccc(F)cc2)cc1C(=O)OC. The van der Waals surface area contributed by atoms with Gasteiger partial charge in [0.15, 0.2) is 5.75 Å². The number of carbonyl (C=O) groups is 3. The Morgan fingerprint density at radius 1 is 0.806 bits per heavy atom. The predicted molar refractivity (Wildman–Crippen MR) is 110 cm³/mol. The van der Waals surface area contributed by atoms with Crippen LogP contribution >= 0.6 is 0 Å². The fourth-order valence-electron chi connectivity index (χ4n) is 2.74. The number of carbonyl (C=O) groups excluding carboxylic acids is 3. The van der Waals surface area contributed by atoms with E-state index in [4.69, 9.17) is 9.47 Å². The number of rotatable bonds is 6. The van der Waals surface area contributed by atoms with Gasteiger partial charge in [-0.25, -0.2) is 14.0 Å². The molecule has 7 nitrogen and oxygen atoms in total. The third-order valence-corrected chi connectivity index (χ3v) is 4.27. The van der Waals surface area contributed by atoms with Gasteiger partial charge in [-0.15, -0.1) is 0 Å². The molecule has 1 amide bonds. The zero-order valence-corrected chi connectivity index (χ0v) is 16.7. The molecular weight excluding hydrogens is 405 g/mol. The summed E-state index contributed by atoms with van der Waals surface area (Å²) in [6, 6.07) is 16.0. The van der Waals surface area contributed by atoms with Crippen LogP contribution in [0.15, 0.2) is 66.7 Å².